The Morgan fingerprint density at radius 3 is 2.65 bits per heavy atom. The number of carbonyl (C=O) groups excluding carboxylic acids is 2. The van der Waals surface area contributed by atoms with Gasteiger partial charge in [0.2, 0.25) is 0 Å². The minimum atomic E-state index is -0.380. The number of ketones is 1. The number of hydrogen-bond acceptors (Lipinski definition) is 7. The molecule has 2 aliphatic heterocycles. The lowest BCUT2D eigenvalue weighted by molar-refractivity contribution is -0.114. The van der Waals surface area contributed by atoms with Crippen LogP contribution in [0.25, 0.3) is 6.08 Å². The molecule has 1 N–H and O–H groups in total. The highest BCUT2D eigenvalue weighted by atomic mass is 32.2. The molecular formula is C38H47N3O4S. The van der Waals surface area contributed by atoms with Gasteiger partial charge in [0.05, 0.1) is 30.0 Å². The van der Waals surface area contributed by atoms with Gasteiger partial charge in [-0.3, -0.25) is 4.79 Å². The number of rotatable bonds is 8. The highest BCUT2D eigenvalue weighted by Gasteiger charge is 2.59. The van der Waals surface area contributed by atoms with Crippen LogP contribution in [0.15, 0.2) is 48.3 Å². The smallest absolute Gasteiger partial charge is 0.407 e. The van der Waals surface area contributed by atoms with Crippen LogP contribution in [0.3, 0.4) is 0 Å². The van der Waals surface area contributed by atoms with Crippen molar-refractivity contribution in [2.75, 3.05) is 13.2 Å². The average molecular weight is 642 g/mol. The third-order valence-electron chi connectivity index (χ3n) is 10.9. The fraction of sp³-hybridized carbons (Fsp3) is 0.579. The Morgan fingerprint density at radius 2 is 1.89 bits per heavy atom. The summed E-state index contributed by atoms with van der Waals surface area (Å²) < 4.78 is 12.8. The lowest BCUT2D eigenvalue weighted by Gasteiger charge is -2.30. The molecule has 8 heteroatoms. The molecule has 3 fully saturated rings. The largest absolute Gasteiger partial charge is 0.447 e. The zero-order chi connectivity index (χ0) is 31.7. The highest BCUT2D eigenvalue weighted by Crippen LogP contribution is 2.60. The molecule has 46 heavy (non-hydrogen) atoms. The van der Waals surface area contributed by atoms with Crippen LogP contribution in [0, 0.1) is 17.8 Å². The molecule has 3 aliphatic carbocycles. The van der Waals surface area contributed by atoms with Crippen LogP contribution in [0.2, 0.25) is 0 Å². The maximum absolute atomic E-state index is 13.1. The van der Waals surface area contributed by atoms with Crippen molar-refractivity contribution < 1.29 is 19.1 Å². The second-order valence-corrected chi connectivity index (χ2v) is 15.9. The van der Waals surface area contributed by atoms with Crippen molar-refractivity contribution >= 4 is 29.7 Å². The van der Waals surface area contributed by atoms with Crippen molar-refractivity contribution in [2.24, 2.45) is 17.8 Å². The third-order valence-corrected chi connectivity index (χ3v) is 12.7. The van der Waals surface area contributed by atoms with Gasteiger partial charge in [0, 0.05) is 28.0 Å². The number of carbonyl (C=O) groups is 2. The van der Waals surface area contributed by atoms with E-state index in [2.05, 4.69) is 65.4 Å². The number of aromatic nitrogens is 2. The lowest BCUT2D eigenvalue weighted by atomic mass is 9.83. The summed E-state index contributed by atoms with van der Waals surface area (Å²) in [4.78, 5) is 34.7. The number of allylic oxidation sites excluding steroid dienone is 3. The summed E-state index contributed by atoms with van der Waals surface area (Å²) in [5.41, 5.74) is 7.03. The molecule has 1 aromatic carbocycles. The zero-order valence-electron chi connectivity index (χ0n) is 27.2. The number of hydrogen-bond donors (Lipinski definition) is 1. The molecule has 1 saturated carbocycles. The minimum absolute atomic E-state index is 0.0219. The summed E-state index contributed by atoms with van der Waals surface area (Å²) in [5.74, 6) is 1.19. The van der Waals surface area contributed by atoms with E-state index in [9.17, 15) is 9.59 Å². The number of fused-ring (bicyclic) bond motifs is 3. The molecule has 0 radical (unpaired) electrons. The monoisotopic (exact) mass is 641 g/mol. The number of thioether (sulfide) groups is 1. The van der Waals surface area contributed by atoms with Gasteiger partial charge < -0.3 is 14.8 Å². The molecule has 1 aromatic heterocycles. The summed E-state index contributed by atoms with van der Waals surface area (Å²) in [5, 5.41) is 3.08. The zero-order valence-corrected chi connectivity index (χ0v) is 28.0. The van der Waals surface area contributed by atoms with Gasteiger partial charge in [-0.1, -0.05) is 61.3 Å². The van der Waals surface area contributed by atoms with E-state index in [0.717, 1.165) is 49.1 Å². The van der Waals surface area contributed by atoms with E-state index in [1.165, 1.54) is 48.8 Å². The van der Waals surface area contributed by atoms with Gasteiger partial charge in [-0.2, -0.15) is 0 Å². The molecule has 2 saturated heterocycles. The van der Waals surface area contributed by atoms with Crippen molar-refractivity contribution in [1.82, 2.24) is 15.3 Å². The van der Waals surface area contributed by atoms with Crippen LogP contribution in [-0.2, 0) is 40.0 Å². The van der Waals surface area contributed by atoms with E-state index in [0.29, 0.717) is 30.1 Å². The summed E-state index contributed by atoms with van der Waals surface area (Å²) >= 11 is 2.13. The third kappa shape index (κ3) is 6.70. The Kier molecular flexibility index (Phi) is 9.37. The molecule has 0 bridgehead atoms. The molecule has 2 aromatic rings. The molecule has 1 amide bonds. The minimum Gasteiger partial charge on any atom is -0.447 e. The molecule has 7 rings (SSSR count). The highest BCUT2D eigenvalue weighted by molar-refractivity contribution is 8.01. The van der Waals surface area contributed by atoms with Crippen LogP contribution in [-0.4, -0.2) is 57.2 Å². The fourth-order valence-electron chi connectivity index (χ4n) is 8.80. The Bertz CT molecular complexity index is 1490. The normalized spacial score (nSPS) is 28.4. The fourth-order valence-corrected chi connectivity index (χ4v) is 11.0. The molecule has 5 atom stereocenters. The van der Waals surface area contributed by atoms with Gasteiger partial charge in [0.25, 0.3) is 0 Å². The number of benzene rings is 1. The second kappa shape index (κ2) is 13.6. The van der Waals surface area contributed by atoms with E-state index in [4.69, 9.17) is 14.5 Å². The first kappa shape index (κ1) is 31.6. The van der Waals surface area contributed by atoms with Gasteiger partial charge in [-0.15, -0.1) is 11.8 Å². The van der Waals surface area contributed by atoms with Crippen molar-refractivity contribution in [3.8, 4) is 0 Å². The Balaban J connectivity index is 1.10. The van der Waals surface area contributed by atoms with E-state index in [-0.39, 0.29) is 41.4 Å². The Hall–Kier alpha value is -2.97. The van der Waals surface area contributed by atoms with Crippen molar-refractivity contribution in [3.63, 3.8) is 0 Å². The maximum Gasteiger partial charge on any atom is 0.407 e. The van der Waals surface area contributed by atoms with Crippen molar-refractivity contribution in [1.29, 1.82) is 0 Å². The lowest BCUT2D eigenvalue weighted by Crippen LogP contribution is -2.34. The first-order chi connectivity index (χ1) is 22.4. The Morgan fingerprint density at radius 1 is 1.11 bits per heavy atom. The van der Waals surface area contributed by atoms with Crippen LogP contribution in [0.1, 0.15) is 86.9 Å². The molecule has 1 spiro atoms. The van der Waals surface area contributed by atoms with E-state index in [1.807, 2.05) is 6.92 Å². The molecule has 3 heterocycles. The molecule has 7 nitrogen and oxygen atoms in total. The van der Waals surface area contributed by atoms with Crippen LogP contribution >= 0.6 is 11.8 Å². The quantitative estimate of drug-likeness (QED) is 0.315. The second-order valence-electron chi connectivity index (χ2n) is 14.3. The number of amides is 1. The summed E-state index contributed by atoms with van der Waals surface area (Å²) in [7, 11) is 0. The summed E-state index contributed by atoms with van der Waals surface area (Å²) in [6, 6.07) is 8.88. The van der Waals surface area contributed by atoms with Crippen molar-refractivity contribution in [3.05, 3.63) is 76.4 Å². The van der Waals surface area contributed by atoms with Gasteiger partial charge in [-0.25, -0.2) is 14.8 Å². The van der Waals surface area contributed by atoms with E-state index in [1.54, 1.807) is 12.4 Å². The molecule has 244 valence electrons. The van der Waals surface area contributed by atoms with Crippen LogP contribution < -0.4 is 5.32 Å². The van der Waals surface area contributed by atoms with Gasteiger partial charge in [0.1, 0.15) is 12.9 Å². The van der Waals surface area contributed by atoms with Gasteiger partial charge in [0.15, 0.2) is 5.78 Å². The topological polar surface area (TPSA) is 90.4 Å². The van der Waals surface area contributed by atoms with E-state index >= 15 is 0 Å². The molecule has 5 aliphatic rings. The maximum atomic E-state index is 13.1. The Labute approximate surface area is 277 Å². The summed E-state index contributed by atoms with van der Waals surface area (Å²) in [6.45, 7) is 4.89. The van der Waals surface area contributed by atoms with Crippen LogP contribution in [0.4, 0.5) is 4.79 Å². The number of nitrogens with zero attached hydrogens (tertiary/aromatic N) is 2. The molecule has 5 unspecified atom stereocenters. The van der Waals surface area contributed by atoms with Crippen LogP contribution in [0.5, 0.6) is 0 Å². The number of nitrogens with one attached hydrogen (secondary N) is 1. The number of alkyl carbamates (subject to hydrolysis) is 1. The van der Waals surface area contributed by atoms with Crippen molar-refractivity contribution in [2.45, 2.75) is 107 Å². The average Bonchev–Trinajstić information content (AvgIpc) is 3.66. The summed E-state index contributed by atoms with van der Waals surface area (Å²) in [6.07, 6.45) is 18.7. The predicted molar refractivity (Wildman–Crippen MR) is 182 cm³/mol. The molecular weight excluding hydrogens is 595 g/mol. The first-order valence-electron chi connectivity index (χ1n) is 17.4. The van der Waals surface area contributed by atoms with Gasteiger partial charge >= 0.3 is 6.09 Å². The number of ether oxygens (including phenoxy) is 2. The van der Waals surface area contributed by atoms with Gasteiger partial charge in [-0.05, 0) is 87.8 Å². The standard InChI is InChI=1S/C38H47N3O4S/c1-3-39-37(43)44-22-34-31-21-38(19-26-11-7-8-12-27(26)20-38)46-36(31)35(45-34)28-15-24(2)16-30-32(17-28)40-23-41-33(30)18-29(42)14-13-25-9-5-4-6-10-25/h7-8,11-14,16,23,25,28,31,34-36H,3-6,9-10,15,17-22H2,1-2H3,(H,39,43). The predicted octanol–water partition coefficient (Wildman–Crippen LogP) is 6.86. The SMILES string of the molecule is CCNC(=O)OCC1OC(C2CC(C)=Cc3c(CC(=O)C=CC4CCCCC4)ncnc3C2)C2SC3(Cc4ccccc4C3)CC12. The first-order valence-corrected chi connectivity index (χ1v) is 18.3. The van der Waals surface area contributed by atoms with E-state index < -0.39 is 0 Å².